The molecule has 0 aliphatic carbocycles. The summed E-state index contributed by atoms with van der Waals surface area (Å²) in [5.41, 5.74) is 0. The van der Waals surface area contributed by atoms with Gasteiger partial charge in [-0.2, -0.15) is 0 Å². The Bertz CT molecular complexity index is 461. The molecule has 228 valence electrons. The summed E-state index contributed by atoms with van der Waals surface area (Å²) >= 11 is 0. The van der Waals surface area contributed by atoms with Crippen LogP contribution in [0.2, 0.25) is 12.1 Å². The van der Waals surface area contributed by atoms with E-state index in [1.54, 1.807) is 0 Å². The molecule has 0 N–H and O–H groups in total. The smallest absolute Gasteiger partial charge is 0.379 e. The Labute approximate surface area is 235 Å². The van der Waals surface area contributed by atoms with Gasteiger partial charge in [0.25, 0.3) is 0 Å². The molecule has 1 rings (SSSR count). The molecule has 0 bridgehead atoms. The van der Waals surface area contributed by atoms with Crippen LogP contribution in [-0.4, -0.2) is 133 Å². The average Bonchev–Trinajstić information content (AvgIpc) is 2.87. The summed E-state index contributed by atoms with van der Waals surface area (Å²) in [4.78, 5) is 4.84. The third-order valence-corrected chi connectivity index (χ3v) is 12.6. The molecule has 0 atom stereocenters. The third kappa shape index (κ3) is 15.1. The standard InChI is InChI=1S/C26H58N2O8Si2/c1-7-31-37(32-8-2,33-9-3)25-13-15-27-17-21-29-23-19-28(20-24-30-22-18-27)16-14-26-38(34-10-4,35-11-5)36-12-6/h7-26H2,1-6H3. The summed E-state index contributed by atoms with van der Waals surface area (Å²) in [7, 11) is -5.19. The van der Waals surface area contributed by atoms with Crippen LogP contribution in [0.5, 0.6) is 0 Å². The second kappa shape index (κ2) is 22.7. The van der Waals surface area contributed by atoms with Crippen LogP contribution >= 0.6 is 0 Å². The number of nitrogens with zero attached hydrogens (tertiary/aromatic N) is 2. The van der Waals surface area contributed by atoms with Crippen LogP contribution in [0.1, 0.15) is 54.4 Å². The van der Waals surface area contributed by atoms with Gasteiger partial charge in [0.1, 0.15) is 0 Å². The lowest BCUT2D eigenvalue weighted by atomic mass is 10.3. The number of ether oxygens (including phenoxy) is 2. The Hall–Kier alpha value is 0.0338. The van der Waals surface area contributed by atoms with Gasteiger partial charge in [-0.15, -0.1) is 0 Å². The van der Waals surface area contributed by atoms with Crippen LogP contribution in [0.4, 0.5) is 0 Å². The molecule has 1 aliphatic rings. The van der Waals surface area contributed by atoms with Gasteiger partial charge in [0.05, 0.1) is 26.4 Å². The first-order chi connectivity index (χ1) is 18.5. The first kappa shape index (κ1) is 36.1. The molecule has 1 aliphatic heterocycles. The Morgan fingerprint density at radius 1 is 0.474 bits per heavy atom. The highest BCUT2D eigenvalue weighted by Crippen LogP contribution is 2.20. The monoisotopic (exact) mass is 582 g/mol. The molecular formula is C26H58N2O8Si2. The largest absolute Gasteiger partial charge is 0.500 e. The van der Waals surface area contributed by atoms with Gasteiger partial charge in [0, 0.05) is 77.9 Å². The molecule has 0 aromatic carbocycles. The first-order valence-corrected chi connectivity index (χ1v) is 18.8. The van der Waals surface area contributed by atoms with E-state index in [1.807, 2.05) is 41.5 Å². The molecule has 0 aromatic heterocycles. The van der Waals surface area contributed by atoms with Gasteiger partial charge in [0.2, 0.25) is 0 Å². The van der Waals surface area contributed by atoms with Crippen molar-refractivity contribution in [1.82, 2.24) is 9.80 Å². The number of rotatable bonds is 20. The van der Waals surface area contributed by atoms with Crippen LogP contribution in [0, 0.1) is 0 Å². The molecule has 0 amide bonds. The summed E-state index contributed by atoms with van der Waals surface area (Å²) in [5, 5.41) is 0. The lowest BCUT2D eigenvalue weighted by Crippen LogP contribution is -2.46. The maximum atomic E-state index is 6.04. The fourth-order valence-electron chi connectivity index (χ4n) is 4.69. The second-order valence-corrected chi connectivity index (χ2v) is 14.5. The van der Waals surface area contributed by atoms with Crippen LogP contribution in [0.3, 0.4) is 0 Å². The predicted octanol–water partition coefficient (Wildman–Crippen LogP) is 3.51. The molecule has 0 aromatic rings. The molecule has 1 heterocycles. The summed E-state index contributed by atoms with van der Waals surface area (Å²) in [6.45, 7) is 24.0. The predicted molar refractivity (Wildman–Crippen MR) is 155 cm³/mol. The lowest BCUT2D eigenvalue weighted by molar-refractivity contribution is 0.0359. The maximum Gasteiger partial charge on any atom is 0.500 e. The number of hydrogen-bond acceptors (Lipinski definition) is 10. The van der Waals surface area contributed by atoms with E-state index in [0.29, 0.717) is 66.1 Å². The molecule has 1 fully saturated rings. The Morgan fingerprint density at radius 3 is 0.974 bits per heavy atom. The van der Waals surface area contributed by atoms with Crippen molar-refractivity contribution in [2.24, 2.45) is 0 Å². The molecule has 10 nitrogen and oxygen atoms in total. The SMILES string of the molecule is CCO[Si](CCCN1CCOCCN(CCC[Si](OCC)(OCC)OCC)CCOCC1)(OCC)OCC. The van der Waals surface area contributed by atoms with E-state index in [9.17, 15) is 0 Å². The summed E-state index contributed by atoms with van der Waals surface area (Å²) < 4.78 is 48.1. The summed E-state index contributed by atoms with van der Waals surface area (Å²) in [5.74, 6) is 0. The van der Waals surface area contributed by atoms with E-state index in [1.165, 1.54) is 0 Å². The van der Waals surface area contributed by atoms with Crippen molar-refractivity contribution in [1.29, 1.82) is 0 Å². The molecule has 0 saturated carbocycles. The molecule has 38 heavy (non-hydrogen) atoms. The number of hydrogen-bond donors (Lipinski definition) is 0. The minimum absolute atomic E-state index is 0.614. The van der Waals surface area contributed by atoms with E-state index < -0.39 is 17.6 Å². The summed E-state index contributed by atoms with van der Waals surface area (Å²) in [6.07, 6.45) is 1.94. The van der Waals surface area contributed by atoms with E-state index in [2.05, 4.69) is 9.80 Å². The Morgan fingerprint density at radius 2 is 0.737 bits per heavy atom. The molecule has 12 heteroatoms. The molecule has 1 saturated heterocycles. The second-order valence-electron chi connectivity index (χ2n) is 9.08. The average molecular weight is 583 g/mol. The Kier molecular flexibility index (Phi) is 21.5. The highest BCUT2D eigenvalue weighted by Gasteiger charge is 2.40. The van der Waals surface area contributed by atoms with Crippen molar-refractivity contribution in [2.75, 3.05) is 105 Å². The van der Waals surface area contributed by atoms with Gasteiger partial charge in [-0.25, -0.2) is 0 Å². The minimum Gasteiger partial charge on any atom is -0.379 e. The third-order valence-electron chi connectivity index (χ3n) is 6.31. The Balaban J connectivity index is 2.49. The van der Waals surface area contributed by atoms with Gasteiger partial charge in [-0.1, -0.05) is 0 Å². The van der Waals surface area contributed by atoms with E-state index in [0.717, 1.165) is 64.2 Å². The highest BCUT2D eigenvalue weighted by atomic mass is 28.4. The zero-order valence-electron chi connectivity index (χ0n) is 25.3. The van der Waals surface area contributed by atoms with Gasteiger partial charge >= 0.3 is 17.6 Å². The van der Waals surface area contributed by atoms with Crippen LogP contribution < -0.4 is 0 Å². The molecule has 0 spiro atoms. The van der Waals surface area contributed by atoms with E-state index in [4.69, 9.17) is 36.0 Å². The van der Waals surface area contributed by atoms with Gasteiger partial charge in [0.15, 0.2) is 0 Å². The lowest BCUT2D eigenvalue weighted by Gasteiger charge is -2.30. The molecule has 0 unspecified atom stereocenters. The molecule has 0 radical (unpaired) electrons. The van der Waals surface area contributed by atoms with Crippen molar-refractivity contribution in [3.63, 3.8) is 0 Å². The van der Waals surface area contributed by atoms with Gasteiger partial charge in [-0.05, 0) is 67.5 Å². The fraction of sp³-hybridized carbons (Fsp3) is 1.00. The topological polar surface area (TPSA) is 80.3 Å². The minimum atomic E-state index is -2.60. The first-order valence-electron chi connectivity index (χ1n) is 15.0. The summed E-state index contributed by atoms with van der Waals surface area (Å²) in [6, 6.07) is 1.66. The van der Waals surface area contributed by atoms with E-state index in [-0.39, 0.29) is 0 Å². The van der Waals surface area contributed by atoms with Crippen molar-refractivity contribution < 1.29 is 36.0 Å². The van der Waals surface area contributed by atoms with Crippen molar-refractivity contribution >= 4 is 17.6 Å². The van der Waals surface area contributed by atoms with Crippen LogP contribution in [-0.2, 0) is 36.0 Å². The van der Waals surface area contributed by atoms with Gasteiger partial charge in [-0.3, -0.25) is 9.80 Å². The van der Waals surface area contributed by atoms with Crippen molar-refractivity contribution in [2.45, 2.75) is 66.5 Å². The molecular weight excluding hydrogens is 524 g/mol. The van der Waals surface area contributed by atoms with Gasteiger partial charge < -0.3 is 36.0 Å². The van der Waals surface area contributed by atoms with Crippen LogP contribution in [0.25, 0.3) is 0 Å². The normalized spacial score (nSPS) is 17.8. The highest BCUT2D eigenvalue weighted by molar-refractivity contribution is 6.61. The van der Waals surface area contributed by atoms with Crippen molar-refractivity contribution in [3.8, 4) is 0 Å². The quantitative estimate of drug-likeness (QED) is 0.199. The fourth-order valence-corrected chi connectivity index (χ4v) is 9.88. The van der Waals surface area contributed by atoms with Crippen molar-refractivity contribution in [3.05, 3.63) is 0 Å². The van der Waals surface area contributed by atoms with Crippen LogP contribution in [0.15, 0.2) is 0 Å². The zero-order valence-corrected chi connectivity index (χ0v) is 27.3. The zero-order chi connectivity index (χ0) is 28.0. The maximum absolute atomic E-state index is 6.04. The van der Waals surface area contributed by atoms with E-state index >= 15 is 0 Å².